The van der Waals surface area contributed by atoms with E-state index in [-0.39, 0.29) is 18.6 Å². The number of amides is 1. The molecule has 1 aromatic heterocycles. The SMILES string of the molecule is CCOc1cc2c(cc1CNC(=O)Cn1nnc(-c3ccccc3C)n1)O[C@@H](C)C2. The van der Waals surface area contributed by atoms with Gasteiger partial charge in [-0.1, -0.05) is 24.3 Å². The summed E-state index contributed by atoms with van der Waals surface area (Å²) in [5.41, 5.74) is 3.97. The van der Waals surface area contributed by atoms with E-state index in [1.807, 2.05) is 57.2 Å². The lowest BCUT2D eigenvalue weighted by molar-refractivity contribution is -0.122. The minimum Gasteiger partial charge on any atom is -0.494 e. The van der Waals surface area contributed by atoms with Gasteiger partial charge in [-0.25, -0.2) is 0 Å². The predicted octanol–water partition coefficient (Wildman–Crippen LogP) is 2.69. The fourth-order valence-corrected chi connectivity index (χ4v) is 3.53. The van der Waals surface area contributed by atoms with E-state index in [2.05, 4.69) is 20.7 Å². The van der Waals surface area contributed by atoms with E-state index in [0.717, 1.165) is 40.2 Å². The third-order valence-electron chi connectivity index (χ3n) is 4.98. The van der Waals surface area contributed by atoms with Gasteiger partial charge < -0.3 is 14.8 Å². The Bertz CT molecular complexity index is 1060. The average Bonchev–Trinajstić information content (AvgIpc) is 3.32. The predicted molar refractivity (Wildman–Crippen MR) is 111 cm³/mol. The lowest BCUT2D eigenvalue weighted by atomic mass is 10.1. The highest BCUT2D eigenvalue weighted by atomic mass is 16.5. The smallest absolute Gasteiger partial charge is 0.243 e. The van der Waals surface area contributed by atoms with Gasteiger partial charge in [0.2, 0.25) is 11.7 Å². The number of nitrogens with zero attached hydrogens (tertiary/aromatic N) is 4. The molecule has 0 spiro atoms. The fourth-order valence-electron chi connectivity index (χ4n) is 3.53. The second-order valence-corrected chi connectivity index (χ2v) is 7.37. The van der Waals surface area contributed by atoms with Crippen LogP contribution in [-0.2, 0) is 24.3 Å². The van der Waals surface area contributed by atoms with E-state index in [4.69, 9.17) is 9.47 Å². The van der Waals surface area contributed by atoms with Crippen LogP contribution < -0.4 is 14.8 Å². The zero-order valence-electron chi connectivity index (χ0n) is 17.4. The molecule has 4 rings (SSSR count). The van der Waals surface area contributed by atoms with E-state index < -0.39 is 0 Å². The van der Waals surface area contributed by atoms with Crippen LogP contribution in [0.25, 0.3) is 11.4 Å². The summed E-state index contributed by atoms with van der Waals surface area (Å²) in [7, 11) is 0. The third kappa shape index (κ3) is 4.27. The standard InChI is InChI=1S/C22H25N5O3/c1-4-29-19-10-16-9-15(3)30-20(16)11-17(19)12-23-21(28)13-27-25-22(24-26-27)18-8-6-5-7-14(18)2/h5-8,10-11,15H,4,9,12-13H2,1-3H3,(H,23,28)/t15-/m0/s1. The molecular weight excluding hydrogens is 382 g/mol. The second kappa shape index (κ2) is 8.52. The van der Waals surface area contributed by atoms with Crippen LogP contribution in [0.15, 0.2) is 36.4 Å². The number of hydrogen-bond acceptors (Lipinski definition) is 6. The topological polar surface area (TPSA) is 91.2 Å². The molecule has 0 saturated carbocycles. The molecule has 8 heteroatoms. The molecule has 1 aliphatic rings. The molecule has 2 aromatic carbocycles. The van der Waals surface area contributed by atoms with Crippen molar-refractivity contribution in [2.24, 2.45) is 0 Å². The van der Waals surface area contributed by atoms with Crippen molar-refractivity contribution < 1.29 is 14.3 Å². The van der Waals surface area contributed by atoms with E-state index in [1.54, 1.807) is 0 Å². The van der Waals surface area contributed by atoms with Crippen LogP contribution in [0.5, 0.6) is 11.5 Å². The van der Waals surface area contributed by atoms with Gasteiger partial charge in [-0.15, -0.1) is 10.2 Å². The second-order valence-electron chi connectivity index (χ2n) is 7.37. The zero-order chi connectivity index (χ0) is 21.1. The fraction of sp³-hybridized carbons (Fsp3) is 0.364. The van der Waals surface area contributed by atoms with Crippen molar-refractivity contribution in [3.05, 3.63) is 53.1 Å². The maximum atomic E-state index is 12.4. The number of rotatable bonds is 7. The van der Waals surface area contributed by atoms with Crippen LogP contribution in [0.1, 0.15) is 30.5 Å². The van der Waals surface area contributed by atoms with Crippen molar-refractivity contribution in [1.29, 1.82) is 0 Å². The number of tetrazole rings is 1. The molecule has 1 amide bonds. The lowest BCUT2D eigenvalue weighted by Crippen LogP contribution is -2.28. The number of aromatic nitrogens is 4. The summed E-state index contributed by atoms with van der Waals surface area (Å²) >= 11 is 0. The molecule has 1 atom stereocenters. The van der Waals surface area contributed by atoms with Gasteiger partial charge >= 0.3 is 0 Å². The highest BCUT2D eigenvalue weighted by Crippen LogP contribution is 2.35. The Morgan fingerprint density at radius 1 is 1.33 bits per heavy atom. The van der Waals surface area contributed by atoms with E-state index in [1.165, 1.54) is 4.80 Å². The first-order chi connectivity index (χ1) is 14.5. The monoisotopic (exact) mass is 407 g/mol. The summed E-state index contributed by atoms with van der Waals surface area (Å²) in [5, 5.41) is 15.3. The normalized spacial score (nSPS) is 14.8. The van der Waals surface area contributed by atoms with Gasteiger partial charge in [0.15, 0.2) is 0 Å². The summed E-state index contributed by atoms with van der Waals surface area (Å²) in [6, 6.07) is 11.8. The van der Waals surface area contributed by atoms with E-state index in [9.17, 15) is 4.79 Å². The number of carbonyl (C=O) groups is 1. The molecule has 0 radical (unpaired) electrons. The molecule has 1 aliphatic heterocycles. The van der Waals surface area contributed by atoms with Crippen molar-refractivity contribution in [3.63, 3.8) is 0 Å². The Balaban J connectivity index is 1.41. The van der Waals surface area contributed by atoms with E-state index >= 15 is 0 Å². The van der Waals surface area contributed by atoms with Gasteiger partial charge in [0, 0.05) is 29.7 Å². The van der Waals surface area contributed by atoms with Gasteiger partial charge in [-0.05, 0) is 43.7 Å². The summed E-state index contributed by atoms with van der Waals surface area (Å²) in [6.07, 6.45) is 1.02. The van der Waals surface area contributed by atoms with Gasteiger partial charge in [0.05, 0.1) is 6.61 Å². The quantitative estimate of drug-likeness (QED) is 0.648. The van der Waals surface area contributed by atoms with E-state index in [0.29, 0.717) is 19.0 Å². The number of ether oxygens (including phenoxy) is 2. The van der Waals surface area contributed by atoms with Crippen LogP contribution in [-0.4, -0.2) is 38.8 Å². The highest BCUT2D eigenvalue weighted by Gasteiger charge is 2.22. The van der Waals surface area contributed by atoms with Crippen LogP contribution in [0.4, 0.5) is 0 Å². The first-order valence-corrected chi connectivity index (χ1v) is 10.1. The molecule has 3 aromatic rings. The van der Waals surface area contributed by atoms with Crippen molar-refractivity contribution in [3.8, 4) is 22.9 Å². The van der Waals surface area contributed by atoms with Crippen molar-refractivity contribution in [2.45, 2.75) is 46.4 Å². The number of nitrogens with one attached hydrogen (secondary N) is 1. The summed E-state index contributed by atoms with van der Waals surface area (Å²) in [4.78, 5) is 13.7. The van der Waals surface area contributed by atoms with Gasteiger partial charge in [-0.3, -0.25) is 4.79 Å². The molecule has 0 unspecified atom stereocenters. The van der Waals surface area contributed by atoms with Gasteiger partial charge in [0.1, 0.15) is 24.1 Å². The van der Waals surface area contributed by atoms with Crippen LogP contribution in [0.2, 0.25) is 0 Å². The first-order valence-electron chi connectivity index (χ1n) is 10.1. The minimum absolute atomic E-state index is 0.0126. The molecule has 30 heavy (non-hydrogen) atoms. The molecule has 0 fully saturated rings. The Labute approximate surface area is 175 Å². The Morgan fingerprint density at radius 3 is 2.97 bits per heavy atom. The minimum atomic E-state index is -0.207. The maximum absolute atomic E-state index is 12.4. The third-order valence-corrected chi connectivity index (χ3v) is 4.98. The van der Waals surface area contributed by atoms with Gasteiger partial charge in [-0.2, -0.15) is 4.80 Å². The average molecular weight is 407 g/mol. The molecule has 8 nitrogen and oxygen atoms in total. The molecular formula is C22H25N5O3. The Morgan fingerprint density at radius 2 is 2.17 bits per heavy atom. The van der Waals surface area contributed by atoms with Gasteiger partial charge in [0.25, 0.3) is 0 Å². The maximum Gasteiger partial charge on any atom is 0.243 e. The first kappa shape index (κ1) is 19.9. The Hall–Kier alpha value is -3.42. The summed E-state index contributed by atoms with van der Waals surface area (Å²) < 4.78 is 11.6. The molecule has 0 aliphatic carbocycles. The summed E-state index contributed by atoms with van der Waals surface area (Å²) in [6.45, 7) is 6.84. The zero-order valence-corrected chi connectivity index (χ0v) is 17.4. The lowest BCUT2D eigenvalue weighted by Gasteiger charge is -2.13. The number of carbonyl (C=O) groups excluding carboxylic acids is 1. The number of hydrogen-bond donors (Lipinski definition) is 1. The number of aryl methyl sites for hydroxylation is 1. The van der Waals surface area contributed by atoms with Crippen LogP contribution in [0.3, 0.4) is 0 Å². The molecule has 0 saturated heterocycles. The number of fused-ring (bicyclic) bond motifs is 1. The Kier molecular flexibility index (Phi) is 5.65. The number of benzene rings is 2. The van der Waals surface area contributed by atoms with Crippen LogP contribution >= 0.6 is 0 Å². The molecule has 156 valence electrons. The highest BCUT2D eigenvalue weighted by molar-refractivity contribution is 5.75. The van der Waals surface area contributed by atoms with Crippen molar-refractivity contribution >= 4 is 5.91 Å². The van der Waals surface area contributed by atoms with Crippen molar-refractivity contribution in [2.75, 3.05) is 6.61 Å². The molecule has 2 heterocycles. The summed E-state index contributed by atoms with van der Waals surface area (Å²) in [5.74, 6) is 1.93. The largest absolute Gasteiger partial charge is 0.494 e. The van der Waals surface area contributed by atoms with Crippen molar-refractivity contribution in [1.82, 2.24) is 25.5 Å². The van der Waals surface area contributed by atoms with Crippen LogP contribution in [0, 0.1) is 6.92 Å². The molecule has 0 bridgehead atoms. The molecule has 1 N–H and O–H groups in total.